The normalized spacial score (nSPS) is 29.0. The summed E-state index contributed by atoms with van der Waals surface area (Å²) in [7, 11) is 1.55. The van der Waals surface area contributed by atoms with E-state index in [1.807, 2.05) is 11.8 Å². The molecule has 0 saturated carbocycles. The van der Waals surface area contributed by atoms with E-state index in [0.717, 1.165) is 13.1 Å². The van der Waals surface area contributed by atoms with Crippen LogP contribution in [0.15, 0.2) is 0 Å². The van der Waals surface area contributed by atoms with Gasteiger partial charge >= 0.3 is 0 Å². The summed E-state index contributed by atoms with van der Waals surface area (Å²) in [6, 6.07) is 0.663. The minimum Gasteiger partial charge on any atom is -0.375 e. The van der Waals surface area contributed by atoms with Gasteiger partial charge < -0.3 is 15.0 Å². The highest BCUT2D eigenvalue weighted by molar-refractivity contribution is 5.77. The Morgan fingerprint density at radius 1 is 1.62 bits per heavy atom. The Labute approximate surface area is 79.2 Å². The summed E-state index contributed by atoms with van der Waals surface area (Å²) in [5, 5.41) is 3.32. The van der Waals surface area contributed by atoms with Gasteiger partial charge in [-0.05, 0) is 13.8 Å². The van der Waals surface area contributed by atoms with Crippen LogP contribution in [0.4, 0.5) is 0 Å². The SMILES string of the molecule is COCC(=O)N1CC(C)NCC1C. The first-order valence-corrected chi connectivity index (χ1v) is 4.67. The van der Waals surface area contributed by atoms with Gasteiger partial charge in [0, 0.05) is 32.3 Å². The standard InChI is InChI=1S/C9H18N2O2/c1-7-5-11(8(2)4-10-7)9(12)6-13-3/h7-8,10H,4-6H2,1-3H3. The van der Waals surface area contributed by atoms with Crippen LogP contribution in [-0.4, -0.2) is 49.7 Å². The number of amides is 1. The Morgan fingerprint density at radius 3 is 2.92 bits per heavy atom. The Hall–Kier alpha value is -0.610. The molecule has 76 valence electrons. The van der Waals surface area contributed by atoms with Crippen molar-refractivity contribution in [3.05, 3.63) is 0 Å². The molecule has 0 spiro atoms. The number of methoxy groups -OCH3 is 1. The Balaban J connectivity index is 2.50. The van der Waals surface area contributed by atoms with Gasteiger partial charge in [-0.3, -0.25) is 4.79 Å². The lowest BCUT2D eigenvalue weighted by Crippen LogP contribution is -2.56. The van der Waals surface area contributed by atoms with Crippen LogP contribution in [0.5, 0.6) is 0 Å². The van der Waals surface area contributed by atoms with Gasteiger partial charge in [0.05, 0.1) is 0 Å². The quantitative estimate of drug-likeness (QED) is 0.651. The molecule has 1 N–H and O–H groups in total. The van der Waals surface area contributed by atoms with E-state index in [1.54, 1.807) is 7.11 Å². The highest BCUT2D eigenvalue weighted by Crippen LogP contribution is 2.06. The van der Waals surface area contributed by atoms with E-state index < -0.39 is 0 Å². The van der Waals surface area contributed by atoms with E-state index in [2.05, 4.69) is 12.2 Å². The van der Waals surface area contributed by atoms with E-state index in [4.69, 9.17) is 4.74 Å². The van der Waals surface area contributed by atoms with E-state index in [-0.39, 0.29) is 18.6 Å². The molecule has 0 radical (unpaired) electrons. The van der Waals surface area contributed by atoms with Crippen molar-refractivity contribution in [1.29, 1.82) is 0 Å². The number of nitrogens with zero attached hydrogens (tertiary/aromatic N) is 1. The van der Waals surface area contributed by atoms with Crippen LogP contribution in [0, 0.1) is 0 Å². The summed E-state index contributed by atoms with van der Waals surface area (Å²) >= 11 is 0. The van der Waals surface area contributed by atoms with Crippen molar-refractivity contribution in [2.24, 2.45) is 0 Å². The Morgan fingerprint density at radius 2 is 2.31 bits per heavy atom. The van der Waals surface area contributed by atoms with E-state index in [0.29, 0.717) is 6.04 Å². The highest BCUT2D eigenvalue weighted by atomic mass is 16.5. The van der Waals surface area contributed by atoms with Crippen molar-refractivity contribution in [2.45, 2.75) is 25.9 Å². The fourth-order valence-electron chi connectivity index (χ4n) is 1.58. The number of hydrogen-bond acceptors (Lipinski definition) is 3. The zero-order chi connectivity index (χ0) is 9.84. The molecule has 13 heavy (non-hydrogen) atoms. The zero-order valence-electron chi connectivity index (χ0n) is 8.54. The van der Waals surface area contributed by atoms with Crippen LogP contribution in [-0.2, 0) is 9.53 Å². The van der Waals surface area contributed by atoms with Gasteiger partial charge in [-0.25, -0.2) is 0 Å². The molecule has 1 rings (SSSR count). The van der Waals surface area contributed by atoms with Crippen molar-refractivity contribution in [1.82, 2.24) is 10.2 Å². The van der Waals surface area contributed by atoms with Crippen LogP contribution in [0.2, 0.25) is 0 Å². The van der Waals surface area contributed by atoms with Gasteiger partial charge in [0.1, 0.15) is 6.61 Å². The van der Waals surface area contributed by atoms with Crippen molar-refractivity contribution in [3.63, 3.8) is 0 Å². The van der Waals surface area contributed by atoms with Crippen molar-refractivity contribution < 1.29 is 9.53 Å². The molecule has 2 unspecified atom stereocenters. The predicted molar refractivity (Wildman–Crippen MR) is 50.5 cm³/mol. The number of hydrogen-bond donors (Lipinski definition) is 1. The molecule has 1 aliphatic heterocycles. The lowest BCUT2D eigenvalue weighted by molar-refractivity contribution is -0.138. The second kappa shape index (κ2) is 4.58. The number of ether oxygens (including phenoxy) is 1. The summed E-state index contributed by atoms with van der Waals surface area (Å²) in [6.45, 7) is 5.97. The highest BCUT2D eigenvalue weighted by Gasteiger charge is 2.25. The van der Waals surface area contributed by atoms with Crippen LogP contribution in [0.3, 0.4) is 0 Å². The van der Waals surface area contributed by atoms with Gasteiger partial charge in [-0.2, -0.15) is 0 Å². The first-order valence-electron chi connectivity index (χ1n) is 4.67. The molecule has 1 aliphatic rings. The summed E-state index contributed by atoms with van der Waals surface area (Å²) in [4.78, 5) is 13.4. The molecule has 2 atom stereocenters. The van der Waals surface area contributed by atoms with Gasteiger partial charge in [-0.15, -0.1) is 0 Å². The molecule has 4 heteroatoms. The maximum absolute atomic E-state index is 11.5. The van der Waals surface area contributed by atoms with Gasteiger partial charge in [0.15, 0.2) is 0 Å². The monoisotopic (exact) mass is 186 g/mol. The van der Waals surface area contributed by atoms with E-state index >= 15 is 0 Å². The zero-order valence-corrected chi connectivity index (χ0v) is 8.54. The van der Waals surface area contributed by atoms with E-state index in [1.165, 1.54) is 0 Å². The van der Waals surface area contributed by atoms with Crippen molar-refractivity contribution in [2.75, 3.05) is 26.8 Å². The number of carbonyl (C=O) groups excluding carboxylic acids is 1. The smallest absolute Gasteiger partial charge is 0.248 e. The Bertz CT molecular complexity index is 184. The summed E-state index contributed by atoms with van der Waals surface area (Å²) in [5.41, 5.74) is 0. The second-order valence-corrected chi connectivity index (χ2v) is 3.64. The molecular weight excluding hydrogens is 168 g/mol. The van der Waals surface area contributed by atoms with Crippen LogP contribution in [0.25, 0.3) is 0 Å². The third-order valence-corrected chi connectivity index (χ3v) is 2.35. The molecule has 0 aromatic rings. The average molecular weight is 186 g/mol. The maximum Gasteiger partial charge on any atom is 0.248 e. The number of rotatable bonds is 2. The van der Waals surface area contributed by atoms with Gasteiger partial charge in [0.25, 0.3) is 0 Å². The summed E-state index contributed by atoms with van der Waals surface area (Å²) in [6.07, 6.45) is 0. The molecular formula is C9H18N2O2. The molecule has 4 nitrogen and oxygen atoms in total. The number of carbonyl (C=O) groups is 1. The Kier molecular flexibility index (Phi) is 3.69. The maximum atomic E-state index is 11.5. The number of piperazine rings is 1. The van der Waals surface area contributed by atoms with Gasteiger partial charge in [-0.1, -0.05) is 0 Å². The summed E-state index contributed by atoms with van der Waals surface area (Å²) < 4.78 is 4.83. The molecule has 0 aromatic heterocycles. The molecule has 1 amide bonds. The van der Waals surface area contributed by atoms with Crippen molar-refractivity contribution in [3.8, 4) is 0 Å². The summed E-state index contributed by atoms with van der Waals surface area (Å²) in [5.74, 6) is 0.0864. The molecule has 0 bridgehead atoms. The molecule has 0 aromatic carbocycles. The van der Waals surface area contributed by atoms with Crippen LogP contribution in [0.1, 0.15) is 13.8 Å². The lowest BCUT2D eigenvalue weighted by atomic mass is 10.1. The topological polar surface area (TPSA) is 41.6 Å². The second-order valence-electron chi connectivity index (χ2n) is 3.64. The molecule has 1 saturated heterocycles. The molecule has 1 heterocycles. The average Bonchev–Trinajstić information content (AvgIpc) is 2.09. The fourth-order valence-corrected chi connectivity index (χ4v) is 1.58. The fraction of sp³-hybridized carbons (Fsp3) is 0.889. The van der Waals surface area contributed by atoms with E-state index in [9.17, 15) is 4.79 Å². The largest absolute Gasteiger partial charge is 0.375 e. The predicted octanol–water partition coefficient (Wildman–Crippen LogP) is -0.158. The van der Waals surface area contributed by atoms with Crippen LogP contribution >= 0.6 is 0 Å². The third-order valence-electron chi connectivity index (χ3n) is 2.35. The first-order chi connectivity index (χ1) is 6.15. The minimum atomic E-state index is 0.0864. The third kappa shape index (κ3) is 2.67. The minimum absolute atomic E-state index is 0.0864. The molecule has 0 aliphatic carbocycles. The van der Waals surface area contributed by atoms with Crippen molar-refractivity contribution >= 4 is 5.91 Å². The van der Waals surface area contributed by atoms with Crippen LogP contribution < -0.4 is 5.32 Å². The molecule has 1 fully saturated rings. The number of nitrogens with one attached hydrogen (secondary N) is 1. The van der Waals surface area contributed by atoms with Gasteiger partial charge in [0.2, 0.25) is 5.91 Å². The first kappa shape index (κ1) is 10.5. The lowest BCUT2D eigenvalue weighted by Gasteiger charge is -2.37.